The van der Waals surface area contributed by atoms with E-state index in [2.05, 4.69) is 38.3 Å². The predicted octanol–water partition coefficient (Wildman–Crippen LogP) is 2.06. The number of halogens is 1. The Kier molecular flexibility index (Phi) is 4.81. The van der Waals surface area contributed by atoms with Crippen LogP contribution in [0.25, 0.3) is 0 Å². The molecule has 1 aromatic rings. The molecule has 0 saturated carbocycles. The van der Waals surface area contributed by atoms with Crippen molar-refractivity contribution in [2.45, 2.75) is 12.8 Å². The summed E-state index contributed by atoms with van der Waals surface area (Å²) in [5.74, 6) is 1.81. The van der Waals surface area contributed by atoms with Gasteiger partial charge in [0.15, 0.2) is 11.5 Å². The van der Waals surface area contributed by atoms with Crippen molar-refractivity contribution in [2.75, 3.05) is 45.9 Å². The normalized spacial score (nSPS) is 19.6. The van der Waals surface area contributed by atoms with Crippen LogP contribution in [0.15, 0.2) is 16.6 Å². The van der Waals surface area contributed by atoms with Gasteiger partial charge in [0, 0.05) is 39.1 Å². The van der Waals surface area contributed by atoms with E-state index in [9.17, 15) is 0 Å². The Bertz CT molecular complexity index is 461. The Morgan fingerprint density at radius 3 is 2.65 bits per heavy atom. The van der Waals surface area contributed by atoms with Gasteiger partial charge in [0.05, 0.1) is 17.7 Å². The number of benzene rings is 1. The number of nitrogens with one attached hydrogen (secondary N) is 1. The first kappa shape index (κ1) is 14.2. The summed E-state index contributed by atoms with van der Waals surface area (Å²) in [7, 11) is 0. The van der Waals surface area contributed by atoms with Crippen molar-refractivity contribution >= 4 is 15.9 Å². The van der Waals surface area contributed by atoms with Crippen LogP contribution in [0.3, 0.4) is 0 Å². The molecule has 2 aliphatic heterocycles. The van der Waals surface area contributed by atoms with E-state index >= 15 is 0 Å². The van der Waals surface area contributed by atoms with E-state index in [-0.39, 0.29) is 0 Å². The lowest BCUT2D eigenvalue weighted by Crippen LogP contribution is -2.44. The molecule has 0 radical (unpaired) electrons. The van der Waals surface area contributed by atoms with Gasteiger partial charge in [0.2, 0.25) is 0 Å². The highest BCUT2D eigenvalue weighted by molar-refractivity contribution is 9.10. The Morgan fingerprint density at radius 2 is 1.85 bits per heavy atom. The molecule has 3 rings (SSSR count). The fraction of sp³-hybridized carbons (Fsp3) is 0.600. The first-order chi connectivity index (χ1) is 9.84. The largest absolute Gasteiger partial charge is 0.489 e. The summed E-state index contributed by atoms with van der Waals surface area (Å²) in [6, 6.07) is 4.22. The summed E-state index contributed by atoms with van der Waals surface area (Å²) >= 11 is 3.55. The van der Waals surface area contributed by atoms with Crippen LogP contribution >= 0.6 is 15.9 Å². The molecule has 1 saturated heterocycles. The Labute approximate surface area is 128 Å². The second-order valence-electron chi connectivity index (χ2n) is 5.26. The minimum Gasteiger partial charge on any atom is -0.489 e. The molecule has 0 unspecified atom stereocenters. The summed E-state index contributed by atoms with van der Waals surface area (Å²) in [6.07, 6.45) is 1.96. The number of ether oxygens (including phenoxy) is 2. The molecular weight excluding hydrogens is 320 g/mol. The molecule has 0 spiro atoms. The number of nitrogens with zero attached hydrogens (tertiary/aromatic N) is 1. The third kappa shape index (κ3) is 3.27. The van der Waals surface area contributed by atoms with Crippen LogP contribution in [0, 0.1) is 0 Å². The maximum atomic E-state index is 5.91. The topological polar surface area (TPSA) is 33.7 Å². The number of hydrogen-bond acceptors (Lipinski definition) is 4. The van der Waals surface area contributed by atoms with Crippen molar-refractivity contribution in [3.05, 3.63) is 22.2 Å². The van der Waals surface area contributed by atoms with E-state index in [1.54, 1.807) is 0 Å². The van der Waals surface area contributed by atoms with Crippen LogP contribution in [0.4, 0.5) is 0 Å². The van der Waals surface area contributed by atoms with E-state index in [1.807, 2.05) is 0 Å². The summed E-state index contributed by atoms with van der Waals surface area (Å²) in [4.78, 5) is 2.50. The lowest BCUT2D eigenvalue weighted by Gasteiger charge is -2.27. The fourth-order valence-electron chi connectivity index (χ4n) is 2.69. The van der Waals surface area contributed by atoms with Gasteiger partial charge in [0.25, 0.3) is 0 Å². The number of fused-ring (bicyclic) bond motifs is 1. The van der Waals surface area contributed by atoms with Gasteiger partial charge < -0.3 is 19.7 Å². The van der Waals surface area contributed by atoms with Gasteiger partial charge in [-0.1, -0.05) is 6.07 Å². The van der Waals surface area contributed by atoms with Crippen molar-refractivity contribution in [2.24, 2.45) is 0 Å². The Morgan fingerprint density at radius 1 is 1.10 bits per heavy atom. The third-order valence-electron chi connectivity index (χ3n) is 3.83. The zero-order valence-electron chi connectivity index (χ0n) is 11.7. The van der Waals surface area contributed by atoms with Gasteiger partial charge in [0.1, 0.15) is 0 Å². The highest BCUT2D eigenvalue weighted by Crippen LogP contribution is 2.40. The lowest BCUT2D eigenvalue weighted by atomic mass is 10.1. The molecule has 0 atom stereocenters. The first-order valence-electron chi connectivity index (χ1n) is 7.34. The summed E-state index contributed by atoms with van der Waals surface area (Å²) in [6.45, 7) is 7.01. The molecule has 1 fully saturated rings. The van der Waals surface area contributed by atoms with Gasteiger partial charge in [-0.15, -0.1) is 0 Å². The minimum absolute atomic E-state index is 0.729. The number of hydrogen-bond donors (Lipinski definition) is 1. The fourth-order valence-corrected chi connectivity index (χ4v) is 3.12. The van der Waals surface area contributed by atoms with Crippen LogP contribution < -0.4 is 14.8 Å². The molecule has 1 N–H and O–H groups in total. The molecule has 0 aliphatic carbocycles. The number of rotatable bonds is 3. The minimum atomic E-state index is 0.729. The Hall–Kier alpha value is -0.780. The maximum absolute atomic E-state index is 5.91. The second kappa shape index (κ2) is 6.78. The number of piperazine rings is 1. The molecule has 20 heavy (non-hydrogen) atoms. The maximum Gasteiger partial charge on any atom is 0.175 e. The van der Waals surface area contributed by atoms with Gasteiger partial charge in [-0.3, -0.25) is 0 Å². The molecular formula is C15H21BrN2O2. The first-order valence-corrected chi connectivity index (χ1v) is 8.14. The van der Waals surface area contributed by atoms with Crippen LogP contribution in [0.2, 0.25) is 0 Å². The van der Waals surface area contributed by atoms with Gasteiger partial charge in [-0.05, 0) is 34.0 Å². The van der Waals surface area contributed by atoms with Crippen LogP contribution in [-0.2, 0) is 6.42 Å². The SMILES string of the molecule is Brc1ccc(CCN2CCNCC2)c2c1OCCCO2. The van der Waals surface area contributed by atoms with E-state index < -0.39 is 0 Å². The van der Waals surface area contributed by atoms with E-state index in [1.165, 1.54) is 5.56 Å². The van der Waals surface area contributed by atoms with Crippen molar-refractivity contribution in [1.29, 1.82) is 0 Å². The quantitative estimate of drug-likeness (QED) is 0.913. The Balaban J connectivity index is 1.72. The van der Waals surface area contributed by atoms with Gasteiger partial charge >= 0.3 is 0 Å². The van der Waals surface area contributed by atoms with E-state index in [0.717, 1.165) is 74.8 Å². The zero-order chi connectivity index (χ0) is 13.8. The van der Waals surface area contributed by atoms with Crippen molar-refractivity contribution in [1.82, 2.24) is 10.2 Å². The molecule has 0 aromatic heterocycles. The molecule has 2 aliphatic rings. The van der Waals surface area contributed by atoms with E-state index in [0.29, 0.717) is 0 Å². The van der Waals surface area contributed by atoms with Gasteiger partial charge in [-0.2, -0.15) is 0 Å². The summed E-state index contributed by atoms with van der Waals surface area (Å²) in [5.41, 5.74) is 1.25. The summed E-state index contributed by atoms with van der Waals surface area (Å²) in [5, 5.41) is 3.39. The van der Waals surface area contributed by atoms with Gasteiger partial charge in [-0.25, -0.2) is 0 Å². The average Bonchev–Trinajstić information content (AvgIpc) is 2.74. The van der Waals surface area contributed by atoms with Crippen molar-refractivity contribution < 1.29 is 9.47 Å². The lowest BCUT2D eigenvalue weighted by molar-refractivity contribution is 0.242. The van der Waals surface area contributed by atoms with E-state index in [4.69, 9.17) is 9.47 Å². The molecule has 2 heterocycles. The predicted molar refractivity (Wildman–Crippen MR) is 82.8 cm³/mol. The zero-order valence-corrected chi connectivity index (χ0v) is 13.2. The highest BCUT2D eigenvalue weighted by atomic mass is 79.9. The summed E-state index contributed by atoms with van der Waals surface area (Å²) < 4.78 is 12.7. The standard InChI is InChI=1S/C15H21BrN2O2/c16-13-3-2-12(4-7-18-8-5-17-6-9-18)14-15(13)20-11-1-10-19-14/h2-3,17H,1,4-11H2. The molecule has 1 aromatic carbocycles. The van der Waals surface area contributed by atoms with Crippen LogP contribution in [0.5, 0.6) is 11.5 Å². The highest BCUT2D eigenvalue weighted by Gasteiger charge is 2.18. The smallest absolute Gasteiger partial charge is 0.175 e. The third-order valence-corrected chi connectivity index (χ3v) is 4.46. The van der Waals surface area contributed by atoms with Crippen molar-refractivity contribution in [3.8, 4) is 11.5 Å². The molecule has 0 amide bonds. The average molecular weight is 341 g/mol. The molecule has 4 nitrogen and oxygen atoms in total. The van der Waals surface area contributed by atoms with Crippen LogP contribution in [0.1, 0.15) is 12.0 Å². The molecule has 5 heteroatoms. The second-order valence-corrected chi connectivity index (χ2v) is 6.11. The van der Waals surface area contributed by atoms with Crippen molar-refractivity contribution in [3.63, 3.8) is 0 Å². The molecule has 0 bridgehead atoms. The van der Waals surface area contributed by atoms with Crippen LogP contribution in [-0.4, -0.2) is 50.8 Å². The monoisotopic (exact) mass is 340 g/mol. The molecule has 110 valence electrons.